The van der Waals surface area contributed by atoms with Crippen LogP contribution in [0.25, 0.3) is 0 Å². The normalized spacial score (nSPS) is 12.5. The molecule has 0 amide bonds. The average molecular weight is 398 g/mol. The minimum absolute atomic E-state index is 0.317. The quantitative estimate of drug-likeness (QED) is 0.446. The summed E-state index contributed by atoms with van der Waals surface area (Å²) in [5.41, 5.74) is 0.547. The Morgan fingerprint density at radius 3 is 1.21 bits per heavy atom. The van der Waals surface area contributed by atoms with Crippen molar-refractivity contribution in [3.05, 3.63) is 127 Å². The molecule has 0 heterocycles. The topological polar surface area (TPSA) is 26.3 Å². The number of carbonyl (C=O) groups is 1. The van der Waals surface area contributed by atoms with Crippen LogP contribution in [0.2, 0.25) is 0 Å². The van der Waals surface area contributed by atoms with Crippen molar-refractivity contribution < 1.29 is 9.32 Å². The molecule has 3 heteroatoms. The van der Waals surface area contributed by atoms with Crippen molar-refractivity contribution in [1.29, 1.82) is 0 Å². The second-order valence-electron chi connectivity index (χ2n) is 7.21. The van der Waals surface area contributed by atoms with E-state index in [2.05, 4.69) is 43.1 Å². The molecule has 29 heavy (non-hydrogen) atoms. The first-order chi connectivity index (χ1) is 14.1. The standard InChI is InChI=1S/C26H23O2P/c1-29(23-16-8-3-9-17-23,24-18-10-4-11-19-24,25-20-12-5-13-21-25)28-26(27)22-14-6-2-7-15-22/h2-21H,1H3. The fourth-order valence-electron chi connectivity index (χ4n) is 3.80. The molecule has 144 valence electrons. The van der Waals surface area contributed by atoms with Crippen molar-refractivity contribution in [3.63, 3.8) is 0 Å². The zero-order valence-electron chi connectivity index (χ0n) is 16.3. The van der Waals surface area contributed by atoms with Crippen LogP contribution in [0, 0.1) is 0 Å². The Kier molecular flexibility index (Phi) is 5.05. The molecular formula is C26H23O2P. The SMILES string of the molecule is CP(OC(=O)c1ccccc1)(c1ccccc1)(c1ccccc1)c1ccccc1. The van der Waals surface area contributed by atoms with Gasteiger partial charge in [0, 0.05) is 0 Å². The van der Waals surface area contributed by atoms with Gasteiger partial charge in [-0.1, -0.05) is 0 Å². The second-order valence-corrected chi connectivity index (χ2v) is 11.9. The molecule has 0 radical (unpaired) electrons. The number of rotatable bonds is 5. The van der Waals surface area contributed by atoms with Gasteiger partial charge in [0.05, 0.1) is 0 Å². The van der Waals surface area contributed by atoms with E-state index in [1.165, 1.54) is 0 Å². The van der Waals surface area contributed by atoms with Gasteiger partial charge in [-0.05, 0) is 0 Å². The van der Waals surface area contributed by atoms with Crippen LogP contribution in [-0.4, -0.2) is 12.6 Å². The van der Waals surface area contributed by atoms with E-state index in [1.807, 2.05) is 72.8 Å². The van der Waals surface area contributed by atoms with Gasteiger partial charge in [0.25, 0.3) is 0 Å². The predicted molar refractivity (Wildman–Crippen MR) is 123 cm³/mol. The first-order valence-electron chi connectivity index (χ1n) is 9.60. The van der Waals surface area contributed by atoms with E-state index in [4.69, 9.17) is 4.52 Å². The summed E-state index contributed by atoms with van der Waals surface area (Å²) in [5, 5.41) is 3.04. The van der Waals surface area contributed by atoms with E-state index in [9.17, 15) is 4.79 Å². The zero-order chi connectivity index (χ0) is 20.2. The zero-order valence-corrected chi connectivity index (χ0v) is 17.2. The molecule has 0 spiro atoms. The Bertz CT molecular complexity index is 995. The Labute approximate surface area is 171 Å². The van der Waals surface area contributed by atoms with Crippen molar-refractivity contribution >= 4 is 28.7 Å². The Hall–Kier alpha value is -3.22. The summed E-state index contributed by atoms with van der Waals surface area (Å²) < 4.78 is 6.66. The Morgan fingerprint density at radius 1 is 0.552 bits per heavy atom. The minimum atomic E-state index is -3.54. The average Bonchev–Trinajstić information content (AvgIpc) is 2.81. The fraction of sp³-hybridized carbons (Fsp3) is 0.0385. The molecule has 0 atom stereocenters. The molecule has 4 rings (SSSR count). The third-order valence-corrected chi connectivity index (χ3v) is 10.7. The molecule has 4 aromatic rings. The predicted octanol–water partition coefficient (Wildman–Crippen LogP) is 4.92. The second kappa shape index (κ2) is 7.66. The monoisotopic (exact) mass is 398 g/mol. The molecule has 0 aliphatic carbocycles. The van der Waals surface area contributed by atoms with Gasteiger partial charge in [-0.15, -0.1) is 0 Å². The van der Waals surface area contributed by atoms with Crippen LogP contribution in [-0.2, 0) is 4.52 Å². The molecule has 2 nitrogen and oxygen atoms in total. The van der Waals surface area contributed by atoms with E-state index in [0.29, 0.717) is 5.56 Å². The molecule has 0 saturated heterocycles. The van der Waals surface area contributed by atoms with Gasteiger partial charge in [0.2, 0.25) is 0 Å². The fourth-order valence-corrected chi connectivity index (χ4v) is 8.20. The number of carbonyl (C=O) groups excluding carboxylic acids is 1. The van der Waals surface area contributed by atoms with Gasteiger partial charge >= 0.3 is 172 Å². The van der Waals surface area contributed by atoms with Crippen LogP contribution in [0.1, 0.15) is 10.4 Å². The summed E-state index contributed by atoms with van der Waals surface area (Å²) in [6, 6.07) is 39.6. The van der Waals surface area contributed by atoms with Gasteiger partial charge in [0.15, 0.2) is 0 Å². The molecule has 0 aliphatic rings. The maximum atomic E-state index is 13.4. The summed E-state index contributed by atoms with van der Waals surface area (Å²) in [4.78, 5) is 13.4. The summed E-state index contributed by atoms with van der Waals surface area (Å²) in [5.74, 6) is -0.317. The van der Waals surface area contributed by atoms with E-state index in [0.717, 1.165) is 15.9 Å². The van der Waals surface area contributed by atoms with E-state index < -0.39 is 6.83 Å². The van der Waals surface area contributed by atoms with Crippen LogP contribution < -0.4 is 15.9 Å². The van der Waals surface area contributed by atoms with Crippen LogP contribution in [0.3, 0.4) is 0 Å². The molecule has 0 fully saturated rings. The first kappa shape index (κ1) is 19.1. The molecule has 0 N–H and O–H groups in total. The Morgan fingerprint density at radius 2 is 0.862 bits per heavy atom. The van der Waals surface area contributed by atoms with Crippen LogP contribution >= 0.6 is 6.83 Å². The van der Waals surface area contributed by atoms with Crippen molar-refractivity contribution in [1.82, 2.24) is 0 Å². The molecule has 4 aromatic carbocycles. The first-order valence-corrected chi connectivity index (χ1v) is 12.2. The number of hydrogen-bond donors (Lipinski definition) is 0. The summed E-state index contributed by atoms with van der Waals surface area (Å²) in [6.45, 7) is -1.42. The van der Waals surface area contributed by atoms with E-state index >= 15 is 0 Å². The number of hydrogen-bond acceptors (Lipinski definition) is 2. The van der Waals surface area contributed by atoms with E-state index in [1.54, 1.807) is 12.1 Å². The van der Waals surface area contributed by atoms with Crippen molar-refractivity contribution in [2.45, 2.75) is 0 Å². The van der Waals surface area contributed by atoms with Crippen molar-refractivity contribution in [3.8, 4) is 0 Å². The summed E-state index contributed by atoms with van der Waals surface area (Å²) in [7, 11) is 0. The van der Waals surface area contributed by atoms with Crippen LogP contribution in [0.15, 0.2) is 121 Å². The third-order valence-electron chi connectivity index (χ3n) is 5.45. The molecule has 0 unspecified atom stereocenters. The third kappa shape index (κ3) is 3.26. The van der Waals surface area contributed by atoms with Crippen LogP contribution in [0.5, 0.6) is 0 Å². The molecule has 0 bridgehead atoms. The molecular weight excluding hydrogens is 375 g/mol. The van der Waals surface area contributed by atoms with Gasteiger partial charge in [-0.3, -0.25) is 0 Å². The maximum absolute atomic E-state index is 13.4. The van der Waals surface area contributed by atoms with Crippen LogP contribution in [0.4, 0.5) is 0 Å². The van der Waals surface area contributed by atoms with Gasteiger partial charge in [-0.25, -0.2) is 0 Å². The molecule has 0 aliphatic heterocycles. The summed E-state index contributed by atoms with van der Waals surface area (Å²) >= 11 is 0. The summed E-state index contributed by atoms with van der Waals surface area (Å²) in [6.07, 6.45) is 0. The molecule has 0 saturated carbocycles. The number of benzene rings is 4. The molecule has 0 aromatic heterocycles. The van der Waals surface area contributed by atoms with E-state index in [-0.39, 0.29) is 5.97 Å². The van der Waals surface area contributed by atoms with Gasteiger partial charge in [-0.2, -0.15) is 0 Å². The van der Waals surface area contributed by atoms with Crippen molar-refractivity contribution in [2.75, 3.05) is 6.66 Å². The van der Waals surface area contributed by atoms with Gasteiger partial charge in [0.1, 0.15) is 0 Å². The van der Waals surface area contributed by atoms with Gasteiger partial charge < -0.3 is 0 Å². The Balaban J connectivity index is 2.03. The van der Waals surface area contributed by atoms with Crippen molar-refractivity contribution in [2.24, 2.45) is 0 Å².